The first kappa shape index (κ1) is 14.8. The quantitative estimate of drug-likeness (QED) is 0.841. The highest BCUT2D eigenvalue weighted by molar-refractivity contribution is 5.79. The van der Waals surface area contributed by atoms with Crippen LogP contribution < -0.4 is 5.32 Å². The van der Waals surface area contributed by atoms with Crippen LogP contribution in [0.5, 0.6) is 0 Å². The van der Waals surface area contributed by atoms with Crippen LogP contribution in [0, 0.1) is 0 Å². The maximum atomic E-state index is 11.8. The number of amides is 1. The van der Waals surface area contributed by atoms with Gasteiger partial charge < -0.3 is 10.4 Å². The molecule has 0 spiro atoms. The Hall–Kier alpha value is -2.63. The smallest absolute Gasteiger partial charge is 0.305 e. The molecule has 2 N–H and O–H groups in total. The molecule has 1 aromatic heterocycles. The number of aromatic nitrogens is 2. The lowest BCUT2D eigenvalue weighted by molar-refractivity contribution is -0.137. The Morgan fingerprint density at radius 3 is 2.62 bits per heavy atom. The summed E-state index contributed by atoms with van der Waals surface area (Å²) in [4.78, 5) is 22.3. The van der Waals surface area contributed by atoms with Gasteiger partial charge in [-0.3, -0.25) is 9.59 Å². The molecular formula is C15H17N3O3. The zero-order valence-electron chi connectivity index (χ0n) is 11.7. The molecular weight excluding hydrogens is 270 g/mol. The monoisotopic (exact) mass is 287 g/mol. The fourth-order valence-corrected chi connectivity index (χ4v) is 2.01. The summed E-state index contributed by atoms with van der Waals surface area (Å²) in [5.41, 5.74) is 1.79. The Kier molecular flexibility index (Phi) is 4.71. The normalized spacial score (nSPS) is 11.9. The van der Waals surface area contributed by atoms with Gasteiger partial charge in [-0.1, -0.05) is 12.1 Å². The minimum atomic E-state index is -0.925. The van der Waals surface area contributed by atoms with E-state index in [1.807, 2.05) is 36.5 Å². The third-order valence-electron chi connectivity index (χ3n) is 2.96. The predicted octanol–water partition coefficient (Wildman–Crippen LogP) is 1.39. The van der Waals surface area contributed by atoms with Gasteiger partial charge in [0.1, 0.15) is 0 Å². The summed E-state index contributed by atoms with van der Waals surface area (Å²) in [5, 5.41) is 15.4. The van der Waals surface area contributed by atoms with Crippen LogP contribution in [0.4, 0.5) is 0 Å². The molecule has 1 aromatic carbocycles. The van der Waals surface area contributed by atoms with E-state index in [4.69, 9.17) is 5.11 Å². The van der Waals surface area contributed by atoms with E-state index in [1.165, 1.54) is 0 Å². The average molecular weight is 287 g/mol. The molecule has 110 valence electrons. The highest BCUT2D eigenvalue weighted by atomic mass is 16.4. The van der Waals surface area contributed by atoms with Crippen LogP contribution in [0.15, 0.2) is 42.7 Å². The Morgan fingerprint density at radius 1 is 1.33 bits per heavy atom. The second kappa shape index (κ2) is 6.69. The number of nitrogens with one attached hydrogen (secondary N) is 1. The lowest BCUT2D eigenvalue weighted by Gasteiger charge is -2.11. The number of benzene rings is 1. The molecule has 2 rings (SSSR count). The molecule has 0 radical (unpaired) electrons. The first-order chi connectivity index (χ1) is 10.0. The molecule has 2 aromatic rings. The van der Waals surface area contributed by atoms with E-state index in [1.54, 1.807) is 17.8 Å². The molecule has 0 bridgehead atoms. The molecule has 0 aliphatic carbocycles. The Bertz CT molecular complexity index is 606. The fraction of sp³-hybridized carbons (Fsp3) is 0.267. The minimum Gasteiger partial charge on any atom is -0.481 e. The van der Waals surface area contributed by atoms with Crippen LogP contribution in [-0.4, -0.2) is 32.8 Å². The molecule has 1 heterocycles. The van der Waals surface area contributed by atoms with E-state index in [2.05, 4.69) is 10.4 Å². The molecule has 1 unspecified atom stereocenters. The number of aliphatic carboxylic acids is 1. The summed E-state index contributed by atoms with van der Waals surface area (Å²) >= 11 is 0. The molecule has 6 heteroatoms. The SMILES string of the molecule is CC(CC(=O)O)NC(=O)Cc1ccc(-n2cccn2)cc1. The van der Waals surface area contributed by atoms with Gasteiger partial charge >= 0.3 is 5.97 Å². The van der Waals surface area contributed by atoms with E-state index in [0.29, 0.717) is 0 Å². The van der Waals surface area contributed by atoms with Gasteiger partial charge in [-0.05, 0) is 30.7 Å². The molecule has 0 saturated heterocycles. The van der Waals surface area contributed by atoms with Crippen LogP contribution in [0.25, 0.3) is 5.69 Å². The van der Waals surface area contributed by atoms with Gasteiger partial charge in [0.2, 0.25) is 5.91 Å². The van der Waals surface area contributed by atoms with Gasteiger partial charge in [-0.2, -0.15) is 5.10 Å². The summed E-state index contributed by atoms with van der Waals surface area (Å²) in [6.45, 7) is 1.67. The standard InChI is InChI=1S/C15H17N3O3/c1-11(9-15(20)21)17-14(19)10-12-3-5-13(6-4-12)18-8-2-7-16-18/h2-8,11H,9-10H2,1H3,(H,17,19)(H,20,21). The number of hydrogen-bond acceptors (Lipinski definition) is 3. The maximum Gasteiger partial charge on any atom is 0.305 e. The molecule has 6 nitrogen and oxygen atoms in total. The molecule has 0 fully saturated rings. The number of carbonyl (C=O) groups excluding carboxylic acids is 1. The zero-order valence-corrected chi connectivity index (χ0v) is 11.7. The first-order valence-corrected chi connectivity index (χ1v) is 6.64. The predicted molar refractivity (Wildman–Crippen MR) is 77.1 cm³/mol. The minimum absolute atomic E-state index is 0.0794. The van der Waals surface area contributed by atoms with Gasteiger partial charge in [0, 0.05) is 18.4 Å². The first-order valence-electron chi connectivity index (χ1n) is 6.64. The van der Waals surface area contributed by atoms with Crippen LogP contribution in [0.3, 0.4) is 0 Å². The Balaban J connectivity index is 1.91. The van der Waals surface area contributed by atoms with E-state index >= 15 is 0 Å². The van der Waals surface area contributed by atoms with Gasteiger partial charge in [-0.15, -0.1) is 0 Å². The van der Waals surface area contributed by atoms with Crippen LogP contribution >= 0.6 is 0 Å². The van der Waals surface area contributed by atoms with Gasteiger partial charge in [0.15, 0.2) is 0 Å². The van der Waals surface area contributed by atoms with Crippen molar-refractivity contribution in [2.24, 2.45) is 0 Å². The number of carboxylic acid groups (broad SMARTS) is 1. The summed E-state index contributed by atoms with van der Waals surface area (Å²) in [5.74, 6) is -1.11. The molecule has 1 atom stereocenters. The van der Waals surface area contributed by atoms with Crippen molar-refractivity contribution in [2.45, 2.75) is 25.8 Å². The van der Waals surface area contributed by atoms with Crippen molar-refractivity contribution < 1.29 is 14.7 Å². The Labute approximate surface area is 122 Å². The number of rotatable bonds is 6. The highest BCUT2D eigenvalue weighted by Crippen LogP contribution is 2.09. The van der Waals surface area contributed by atoms with Crippen molar-refractivity contribution in [3.8, 4) is 5.69 Å². The summed E-state index contributed by atoms with van der Waals surface area (Å²) in [6, 6.07) is 8.95. The van der Waals surface area contributed by atoms with Crippen LogP contribution in [0.2, 0.25) is 0 Å². The number of nitrogens with zero attached hydrogens (tertiary/aromatic N) is 2. The van der Waals surface area contributed by atoms with Crippen molar-refractivity contribution in [3.05, 3.63) is 48.3 Å². The van der Waals surface area contributed by atoms with Crippen LogP contribution in [-0.2, 0) is 16.0 Å². The summed E-state index contributed by atoms with van der Waals surface area (Å²) in [6.07, 6.45) is 3.69. The third kappa shape index (κ3) is 4.45. The highest BCUT2D eigenvalue weighted by Gasteiger charge is 2.11. The largest absolute Gasteiger partial charge is 0.481 e. The van der Waals surface area contributed by atoms with Crippen molar-refractivity contribution in [1.82, 2.24) is 15.1 Å². The second-order valence-corrected chi connectivity index (χ2v) is 4.86. The number of carboxylic acids is 1. The molecule has 0 saturated carbocycles. The van der Waals surface area contributed by atoms with Gasteiger partial charge in [0.05, 0.1) is 18.5 Å². The third-order valence-corrected chi connectivity index (χ3v) is 2.96. The van der Waals surface area contributed by atoms with Crippen LogP contribution in [0.1, 0.15) is 18.9 Å². The summed E-state index contributed by atoms with van der Waals surface area (Å²) in [7, 11) is 0. The van der Waals surface area contributed by atoms with Gasteiger partial charge in [-0.25, -0.2) is 4.68 Å². The van der Waals surface area contributed by atoms with E-state index in [0.717, 1.165) is 11.3 Å². The lowest BCUT2D eigenvalue weighted by atomic mass is 10.1. The maximum absolute atomic E-state index is 11.8. The Morgan fingerprint density at radius 2 is 2.05 bits per heavy atom. The molecule has 0 aliphatic heterocycles. The summed E-state index contributed by atoms with van der Waals surface area (Å²) < 4.78 is 1.73. The molecule has 21 heavy (non-hydrogen) atoms. The van der Waals surface area contributed by atoms with E-state index < -0.39 is 5.97 Å². The lowest BCUT2D eigenvalue weighted by Crippen LogP contribution is -2.35. The average Bonchev–Trinajstić information content (AvgIpc) is 2.92. The molecule has 0 aliphatic rings. The van der Waals surface area contributed by atoms with E-state index in [-0.39, 0.29) is 24.8 Å². The van der Waals surface area contributed by atoms with Crippen molar-refractivity contribution in [1.29, 1.82) is 0 Å². The second-order valence-electron chi connectivity index (χ2n) is 4.86. The number of hydrogen-bond donors (Lipinski definition) is 2. The zero-order chi connectivity index (χ0) is 15.2. The van der Waals surface area contributed by atoms with E-state index in [9.17, 15) is 9.59 Å². The van der Waals surface area contributed by atoms with Crippen molar-refractivity contribution in [2.75, 3.05) is 0 Å². The topological polar surface area (TPSA) is 84.2 Å². The van der Waals surface area contributed by atoms with Gasteiger partial charge in [0.25, 0.3) is 0 Å². The van der Waals surface area contributed by atoms with Crippen molar-refractivity contribution in [3.63, 3.8) is 0 Å². The van der Waals surface area contributed by atoms with Crippen molar-refractivity contribution >= 4 is 11.9 Å². The number of carbonyl (C=O) groups is 2. The molecule has 1 amide bonds. The fourth-order valence-electron chi connectivity index (χ4n) is 2.01.